The van der Waals surface area contributed by atoms with Gasteiger partial charge in [-0.2, -0.15) is 4.98 Å². The third-order valence-electron chi connectivity index (χ3n) is 4.68. The first-order valence-corrected chi connectivity index (χ1v) is 9.44. The molecule has 1 aromatic carbocycles. The molecule has 0 aliphatic carbocycles. The van der Waals surface area contributed by atoms with Gasteiger partial charge in [0.25, 0.3) is 5.78 Å². The van der Waals surface area contributed by atoms with Crippen molar-refractivity contribution in [3.63, 3.8) is 0 Å². The average Bonchev–Trinajstić information content (AvgIpc) is 3.24. The Morgan fingerprint density at radius 3 is 2.56 bits per heavy atom. The van der Waals surface area contributed by atoms with Crippen molar-refractivity contribution in [3.05, 3.63) is 65.6 Å². The number of aromatic nitrogens is 6. The van der Waals surface area contributed by atoms with E-state index in [-0.39, 0.29) is 0 Å². The van der Waals surface area contributed by atoms with Crippen LogP contribution in [0.2, 0.25) is 0 Å². The maximum Gasteiger partial charge on any atom is 0.252 e. The monoisotopic (exact) mass is 360 g/mol. The first-order valence-electron chi connectivity index (χ1n) is 9.44. The lowest BCUT2D eigenvalue weighted by Gasteiger charge is -2.02. The van der Waals surface area contributed by atoms with Crippen LogP contribution in [0.1, 0.15) is 36.4 Å². The zero-order valence-electron chi connectivity index (χ0n) is 16.1. The lowest BCUT2D eigenvalue weighted by Crippen LogP contribution is -2.03. The molecule has 0 N–H and O–H groups in total. The molecule has 0 bridgehead atoms. The first-order chi connectivity index (χ1) is 13.1. The van der Waals surface area contributed by atoms with E-state index in [9.17, 15) is 0 Å². The predicted molar refractivity (Wildman–Crippen MR) is 106 cm³/mol. The molecule has 0 spiro atoms. The highest BCUT2D eigenvalue weighted by Gasteiger charge is 2.12. The summed E-state index contributed by atoms with van der Waals surface area (Å²) in [6.07, 6.45) is 5.66. The molecule has 0 aliphatic heterocycles. The Labute approximate surface area is 158 Å². The van der Waals surface area contributed by atoms with Crippen molar-refractivity contribution in [2.24, 2.45) is 7.05 Å². The highest BCUT2D eigenvalue weighted by Crippen LogP contribution is 2.18. The van der Waals surface area contributed by atoms with Gasteiger partial charge in [0.15, 0.2) is 5.82 Å². The second kappa shape index (κ2) is 7.31. The summed E-state index contributed by atoms with van der Waals surface area (Å²) < 4.78 is 3.97. The van der Waals surface area contributed by atoms with E-state index in [1.165, 1.54) is 5.69 Å². The van der Waals surface area contributed by atoms with Gasteiger partial charge >= 0.3 is 0 Å². The van der Waals surface area contributed by atoms with Gasteiger partial charge in [-0.05, 0) is 19.4 Å². The van der Waals surface area contributed by atoms with Crippen molar-refractivity contribution in [1.82, 2.24) is 29.1 Å². The normalized spacial score (nSPS) is 11.4. The van der Waals surface area contributed by atoms with Crippen LogP contribution in [0.5, 0.6) is 0 Å². The summed E-state index contributed by atoms with van der Waals surface area (Å²) in [4.78, 5) is 13.9. The predicted octanol–water partition coefficient (Wildman–Crippen LogP) is 3.57. The molecule has 3 aromatic heterocycles. The molecular weight excluding hydrogens is 336 g/mol. The third kappa shape index (κ3) is 3.60. The molecular formula is C21H24N6. The van der Waals surface area contributed by atoms with E-state index in [1.54, 1.807) is 0 Å². The Morgan fingerprint density at radius 1 is 0.963 bits per heavy atom. The van der Waals surface area contributed by atoms with Crippen LogP contribution >= 0.6 is 0 Å². The van der Waals surface area contributed by atoms with Crippen LogP contribution in [0, 0.1) is 6.92 Å². The van der Waals surface area contributed by atoms with Gasteiger partial charge < -0.3 is 4.57 Å². The Morgan fingerprint density at radius 2 is 1.78 bits per heavy atom. The number of aryl methyl sites for hydroxylation is 5. The van der Waals surface area contributed by atoms with E-state index in [1.807, 2.05) is 36.7 Å². The van der Waals surface area contributed by atoms with Crippen LogP contribution < -0.4 is 0 Å². The molecule has 138 valence electrons. The standard InChI is InChI=1S/C21H24N6/c1-4-8-17-13-15(2)22-21-24-19(25-27(17)21)11-12-20-23-18(14-26(20)3)16-9-6-5-7-10-16/h5-7,9-10,13-14H,4,8,11-12H2,1-3H3. The zero-order valence-corrected chi connectivity index (χ0v) is 16.1. The molecule has 0 aliphatic rings. The van der Waals surface area contributed by atoms with Gasteiger partial charge in [0.1, 0.15) is 5.82 Å². The Bertz CT molecular complexity index is 1060. The van der Waals surface area contributed by atoms with Crippen LogP contribution in [-0.2, 0) is 26.3 Å². The molecule has 0 atom stereocenters. The number of nitrogens with zero attached hydrogens (tertiary/aromatic N) is 6. The Balaban J connectivity index is 1.55. The van der Waals surface area contributed by atoms with Crippen LogP contribution in [0.4, 0.5) is 0 Å². The molecule has 3 heterocycles. The van der Waals surface area contributed by atoms with E-state index < -0.39 is 0 Å². The zero-order chi connectivity index (χ0) is 18.8. The summed E-state index contributed by atoms with van der Waals surface area (Å²) in [5.74, 6) is 2.54. The number of imidazole rings is 1. The number of hydrogen-bond donors (Lipinski definition) is 0. The van der Waals surface area contributed by atoms with Gasteiger partial charge in [0.2, 0.25) is 0 Å². The third-order valence-corrected chi connectivity index (χ3v) is 4.68. The van der Waals surface area contributed by atoms with Crippen molar-refractivity contribution in [1.29, 1.82) is 0 Å². The molecule has 4 aromatic rings. The second-order valence-electron chi connectivity index (χ2n) is 6.90. The quantitative estimate of drug-likeness (QED) is 0.527. The van der Waals surface area contributed by atoms with E-state index in [0.29, 0.717) is 5.78 Å². The van der Waals surface area contributed by atoms with Crippen molar-refractivity contribution in [2.45, 2.75) is 39.5 Å². The highest BCUT2D eigenvalue weighted by atomic mass is 15.3. The van der Waals surface area contributed by atoms with Crippen molar-refractivity contribution < 1.29 is 0 Å². The molecule has 0 unspecified atom stereocenters. The summed E-state index contributed by atoms with van der Waals surface area (Å²) in [6, 6.07) is 12.4. The molecule has 0 saturated heterocycles. The molecule has 0 fully saturated rings. The maximum absolute atomic E-state index is 4.80. The van der Waals surface area contributed by atoms with Gasteiger partial charge in [-0.1, -0.05) is 43.7 Å². The van der Waals surface area contributed by atoms with Crippen LogP contribution in [0.15, 0.2) is 42.6 Å². The number of fused-ring (bicyclic) bond motifs is 1. The average molecular weight is 360 g/mol. The van der Waals surface area contributed by atoms with Crippen LogP contribution in [0.25, 0.3) is 17.0 Å². The highest BCUT2D eigenvalue weighted by molar-refractivity contribution is 5.58. The first kappa shape index (κ1) is 17.4. The smallest absolute Gasteiger partial charge is 0.252 e. The van der Waals surface area contributed by atoms with E-state index in [2.05, 4.69) is 51.0 Å². The fraction of sp³-hybridized carbons (Fsp3) is 0.333. The molecule has 27 heavy (non-hydrogen) atoms. The van der Waals surface area contributed by atoms with Gasteiger partial charge in [0, 0.05) is 43.0 Å². The molecule has 0 saturated carbocycles. The molecule has 6 heteroatoms. The Kier molecular flexibility index (Phi) is 4.71. The number of hydrogen-bond acceptors (Lipinski definition) is 4. The molecule has 0 radical (unpaired) electrons. The summed E-state index contributed by atoms with van der Waals surface area (Å²) in [5.41, 5.74) is 4.29. The van der Waals surface area contributed by atoms with Crippen molar-refractivity contribution in [3.8, 4) is 11.3 Å². The molecule has 0 amide bonds. The topological polar surface area (TPSA) is 60.9 Å². The minimum atomic E-state index is 0.693. The van der Waals surface area contributed by atoms with Crippen molar-refractivity contribution >= 4 is 5.78 Å². The van der Waals surface area contributed by atoms with Crippen molar-refractivity contribution in [2.75, 3.05) is 0 Å². The van der Waals surface area contributed by atoms with Crippen LogP contribution in [-0.4, -0.2) is 29.1 Å². The largest absolute Gasteiger partial charge is 0.337 e. The molecule has 4 rings (SSSR count). The number of benzene rings is 1. The van der Waals surface area contributed by atoms with Gasteiger partial charge in [-0.25, -0.2) is 14.5 Å². The summed E-state index contributed by atoms with van der Waals surface area (Å²) in [5, 5.41) is 4.69. The summed E-state index contributed by atoms with van der Waals surface area (Å²) in [6.45, 7) is 4.18. The van der Waals surface area contributed by atoms with Gasteiger partial charge in [-0.3, -0.25) is 0 Å². The maximum atomic E-state index is 4.80. The summed E-state index contributed by atoms with van der Waals surface area (Å²) >= 11 is 0. The fourth-order valence-electron chi connectivity index (χ4n) is 3.35. The fourth-order valence-corrected chi connectivity index (χ4v) is 3.35. The van der Waals surface area contributed by atoms with E-state index in [4.69, 9.17) is 4.98 Å². The lowest BCUT2D eigenvalue weighted by molar-refractivity contribution is 0.734. The van der Waals surface area contributed by atoms with Crippen LogP contribution in [0.3, 0.4) is 0 Å². The van der Waals surface area contributed by atoms with Gasteiger partial charge in [0.05, 0.1) is 5.69 Å². The Hall–Kier alpha value is -3.02. The number of rotatable bonds is 6. The van der Waals surface area contributed by atoms with E-state index in [0.717, 1.165) is 54.3 Å². The van der Waals surface area contributed by atoms with Gasteiger partial charge in [-0.15, -0.1) is 5.10 Å². The van der Waals surface area contributed by atoms with E-state index >= 15 is 0 Å². The molecule has 6 nitrogen and oxygen atoms in total. The minimum absolute atomic E-state index is 0.693. The second-order valence-corrected chi connectivity index (χ2v) is 6.90. The lowest BCUT2D eigenvalue weighted by atomic mass is 10.2. The SMILES string of the molecule is CCCc1cc(C)nc2nc(CCc3nc(-c4ccccc4)cn3C)nn12. The summed E-state index contributed by atoms with van der Waals surface area (Å²) in [7, 11) is 2.04. The minimum Gasteiger partial charge on any atom is -0.337 e.